The standard InChI is InChI=1S/C16H22F2O9/c1-22-3-5-24-8-26-14-11(17)7-10(13(19)16(20)21)12(18)15(14)27-9-25-6-4-23-2/h7,13,19H,3-6,8-9H2,1-2H3,(H,20,21). The molecular formula is C16H22F2O9. The highest BCUT2D eigenvalue weighted by Gasteiger charge is 2.28. The van der Waals surface area contributed by atoms with E-state index in [2.05, 4.69) is 0 Å². The molecule has 0 bridgehead atoms. The number of aliphatic hydroxyl groups excluding tert-OH is 1. The highest BCUT2D eigenvalue weighted by atomic mass is 19.1. The highest BCUT2D eigenvalue weighted by molar-refractivity contribution is 5.74. The normalized spacial score (nSPS) is 12.0. The molecule has 0 heterocycles. The van der Waals surface area contributed by atoms with E-state index in [0.717, 1.165) is 0 Å². The molecule has 0 aromatic heterocycles. The van der Waals surface area contributed by atoms with Gasteiger partial charge in [-0.25, -0.2) is 13.6 Å². The summed E-state index contributed by atoms with van der Waals surface area (Å²) in [6.45, 7) is -0.162. The van der Waals surface area contributed by atoms with E-state index in [4.69, 9.17) is 33.5 Å². The van der Waals surface area contributed by atoms with Crippen LogP contribution in [0.4, 0.5) is 8.78 Å². The summed E-state index contributed by atoms with van der Waals surface area (Å²) in [5.41, 5.74) is -0.820. The Morgan fingerprint density at radius 3 is 2.00 bits per heavy atom. The zero-order valence-corrected chi connectivity index (χ0v) is 14.9. The number of methoxy groups -OCH3 is 2. The van der Waals surface area contributed by atoms with E-state index in [1.165, 1.54) is 14.2 Å². The summed E-state index contributed by atoms with van der Waals surface area (Å²) < 4.78 is 58.5. The molecule has 1 rings (SSSR count). The van der Waals surface area contributed by atoms with Crippen molar-refractivity contribution in [3.8, 4) is 11.5 Å². The van der Waals surface area contributed by atoms with Crippen LogP contribution in [0.5, 0.6) is 11.5 Å². The number of rotatable bonds is 14. The Kier molecular flexibility index (Phi) is 10.5. The van der Waals surface area contributed by atoms with Gasteiger partial charge >= 0.3 is 5.97 Å². The molecule has 0 aliphatic heterocycles. The van der Waals surface area contributed by atoms with Gasteiger partial charge in [0.1, 0.15) is 0 Å². The van der Waals surface area contributed by atoms with Gasteiger partial charge in [-0.3, -0.25) is 0 Å². The van der Waals surface area contributed by atoms with Crippen molar-refractivity contribution in [1.82, 2.24) is 0 Å². The van der Waals surface area contributed by atoms with Crippen molar-refractivity contribution >= 4 is 5.97 Å². The molecule has 2 N–H and O–H groups in total. The number of hydrogen-bond acceptors (Lipinski definition) is 8. The van der Waals surface area contributed by atoms with Crippen molar-refractivity contribution in [1.29, 1.82) is 0 Å². The Hall–Kier alpha value is -2.05. The topological polar surface area (TPSA) is 113 Å². The van der Waals surface area contributed by atoms with E-state index in [1.54, 1.807) is 0 Å². The smallest absolute Gasteiger partial charge is 0.337 e. The predicted octanol–water partition coefficient (Wildman–Crippen LogP) is 1.08. The molecule has 0 saturated heterocycles. The lowest BCUT2D eigenvalue weighted by Crippen LogP contribution is -2.16. The van der Waals surface area contributed by atoms with Crippen LogP contribution in [-0.4, -0.2) is 70.4 Å². The number of carboxylic acid groups (broad SMARTS) is 1. The molecule has 0 spiro atoms. The van der Waals surface area contributed by atoms with E-state index in [1.807, 2.05) is 0 Å². The van der Waals surface area contributed by atoms with Gasteiger partial charge < -0.3 is 38.6 Å². The maximum Gasteiger partial charge on any atom is 0.337 e. The second-order valence-corrected chi connectivity index (χ2v) is 4.99. The number of ether oxygens (including phenoxy) is 6. The number of halogens is 2. The van der Waals surface area contributed by atoms with E-state index in [-0.39, 0.29) is 26.4 Å². The van der Waals surface area contributed by atoms with Crippen LogP contribution in [0.25, 0.3) is 0 Å². The number of benzene rings is 1. The number of aliphatic carboxylic acids is 1. The molecule has 27 heavy (non-hydrogen) atoms. The zero-order chi connectivity index (χ0) is 20.2. The summed E-state index contributed by atoms with van der Waals surface area (Å²) in [5, 5.41) is 18.4. The summed E-state index contributed by atoms with van der Waals surface area (Å²) >= 11 is 0. The monoisotopic (exact) mass is 396 g/mol. The minimum Gasteiger partial charge on any atom is -0.479 e. The molecule has 1 aromatic rings. The average Bonchev–Trinajstić information content (AvgIpc) is 2.64. The van der Waals surface area contributed by atoms with Crippen LogP contribution >= 0.6 is 0 Å². The third-order valence-corrected chi connectivity index (χ3v) is 3.12. The molecule has 0 fully saturated rings. The first-order valence-corrected chi connectivity index (χ1v) is 7.75. The van der Waals surface area contributed by atoms with Crippen LogP contribution in [0.15, 0.2) is 6.07 Å². The molecule has 11 heteroatoms. The summed E-state index contributed by atoms with van der Waals surface area (Å²) in [4.78, 5) is 10.9. The third kappa shape index (κ3) is 7.23. The Morgan fingerprint density at radius 2 is 1.52 bits per heavy atom. The zero-order valence-electron chi connectivity index (χ0n) is 14.9. The van der Waals surface area contributed by atoms with Gasteiger partial charge in [-0.05, 0) is 6.07 Å². The second-order valence-electron chi connectivity index (χ2n) is 4.99. The van der Waals surface area contributed by atoms with Gasteiger partial charge in [0.25, 0.3) is 0 Å². The van der Waals surface area contributed by atoms with Gasteiger partial charge in [-0.2, -0.15) is 0 Å². The molecule has 1 unspecified atom stereocenters. The summed E-state index contributed by atoms with van der Waals surface area (Å²) in [6.07, 6.45) is -2.29. The minimum absolute atomic E-state index is 0.119. The molecule has 1 aromatic carbocycles. The fraction of sp³-hybridized carbons (Fsp3) is 0.562. The van der Waals surface area contributed by atoms with E-state index >= 15 is 0 Å². The maximum atomic E-state index is 14.6. The van der Waals surface area contributed by atoms with Crippen molar-refractivity contribution in [2.75, 3.05) is 54.2 Å². The van der Waals surface area contributed by atoms with E-state index in [0.29, 0.717) is 6.07 Å². The predicted molar refractivity (Wildman–Crippen MR) is 85.6 cm³/mol. The van der Waals surface area contributed by atoms with Crippen LogP contribution in [0.3, 0.4) is 0 Å². The molecule has 0 amide bonds. The van der Waals surface area contributed by atoms with Crippen molar-refractivity contribution in [2.24, 2.45) is 0 Å². The SMILES string of the molecule is COCCOCOc1c(F)cc(C(O)C(=O)O)c(F)c1OCOCCOC. The summed E-state index contributed by atoms with van der Waals surface area (Å²) in [7, 11) is 2.91. The molecule has 154 valence electrons. The van der Waals surface area contributed by atoms with Crippen molar-refractivity contribution < 1.29 is 52.2 Å². The van der Waals surface area contributed by atoms with Crippen LogP contribution in [0.2, 0.25) is 0 Å². The van der Waals surface area contributed by atoms with Crippen molar-refractivity contribution in [3.63, 3.8) is 0 Å². The Labute approximate surface area is 154 Å². The number of carbonyl (C=O) groups is 1. The Balaban J connectivity index is 2.99. The van der Waals surface area contributed by atoms with Crippen LogP contribution < -0.4 is 9.47 Å². The first-order chi connectivity index (χ1) is 12.9. The van der Waals surface area contributed by atoms with Crippen LogP contribution in [-0.2, 0) is 23.7 Å². The molecule has 1 atom stereocenters. The first-order valence-electron chi connectivity index (χ1n) is 7.75. The molecule has 0 radical (unpaired) electrons. The van der Waals surface area contributed by atoms with Crippen LogP contribution in [0, 0.1) is 11.6 Å². The molecule has 0 aliphatic carbocycles. The quantitative estimate of drug-likeness (QED) is 0.352. The summed E-state index contributed by atoms with van der Waals surface area (Å²) in [5.74, 6) is -5.60. The largest absolute Gasteiger partial charge is 0.479 e. The molecule has 0 saturated carbocycles. The lowest BCUT2D eigenvalue weighted by Gasteiger charge is -2.17. The second kappa shape index (κ2) is 12.4. The van der Waals surface area contributed by atoms with Gasteiger partial charge in [-0.15, -0.1) is 0 Å². The minimum atomic E-state index is -2.29. The average molecular weight is 396 g/mol. The number of carboxylic acids is 1. The number of aliphatic hydroxyl groups is 1. The maximum absolute atomic E-state index is 14.6. The molecule has 9 nitrogen and oxygen atoms in total. The van der Waals surface area contributed by atoms with Gasteiger partial charge in [0.15, 0.2) is 31.3 Å². The first kappa shape index (κ1) is 23.0. The fourth-order valence-corrected chi connectivity index (χ4v) is 1.80. The highest BCUT2D eigenvalue weighted by Crippen LogP contribution is 2.37. The fourth-order valence-electron chi connectivity index (χ4n) is 1.80. The van der Waals surface area contributed by atoms with Gasteiger partial charge in [0.05, 0.1) is 26.4 Å². The van der Waals surface area contributed by atoms with Gasteiger partial charge in [0.2, 0.25) is 11.5 Å². The Morgan fingerprint density at radius 1 is 1.00 bits per heavy atom. The van der Waals surface area contributed by atoms with E-state index < -0.39 is 54.4 Å². The molecular weight excluding hydrogens is 374 g/mol. The van der Waals surface area contributed by atoms with Crippen molar-refractivity contribution in [2.45, 2.75) is 6.10 Å². The number of hydrogen-bond donors (Lipinski definition) is 2. The lowest BCUT2D eigenvalue weighted by atomic mass is 10.1. The van der Waals surface area contributed by atoms with Gasteiger partial charge in [0, 0.05) is 19.8 Å². The lowest BCUT2D eigenvalue weighted by molar-refractivity contribution is -0.147. The Bertz CT molecular complexity index is 598. The molecule has 0 aliphatic rings. The summed E-state index contributed by atoms with van der Waals surface area (Å²) in [6, 6.07) is 0.511. The van der Waals surface area contributed by atoms with Gasteiger partial charge in [-0.1, -0.05) is 0 Å². The van der Waals surface area contributed by atoms with Crippen molar-refractivity contribution in [3.05, 3.63) is 23.3 Å². The van der Waals surface area contributed by atoms with Crippen LogP contribution in [0.1, 0.15) is 11.7 Å². The van der Waals surface area contributed by atoms with E-state index in [9.17, 15) is 18.7 Å². The third-order valence-electron chi connectivity index (χ3n) is 3.12.